The number of nitrogens with zero attached hydrogens (tertiary/aromatic N) is 2. The van der Waals surface area contributed by atoms with Crippen molar-refractivity contribution < 1.29 is 4.92 Å². The van der Waals surface area contributed by atoms with Crippen molar-refractivity contribution in [3.63, 3.8) is 0 Å². The Labute approximate surface area is 126 Å². The number of benzene rings is 1. The Morgan fingerprint density at radius 1 is 1.33 bits per heavy atom. The first-order valence-corrected chi connectivity index (χ1v) is 7.69. The second kappa shape index (κ2) is 6.89. The Balaban J connectivity index is 2.25. The van der Waals surface area contributed by atoms with Crippen molar-refractivity contribution in [1.29, 1.82) is 0 Å². The number of anilines is 1. The number of hydrogen-bond donors (Lipinski definition) is 1. The van der Waals surface area contributed by atoms with E-state index >= 15 is 0 Å². The highest BCUT2D eigenvalue weighted by Gasteiger charge is 2.23. The maximum atomic E-state index is 11.2. The third kappa shape index (κ3) is 3.53. The lowest BCUT2D eigenvalue weighted by atomic mass is 9.93. The lowest BCUT2D eigenvalue weighted by Crippen LogP contribution is -2.33. The number of nitrogens with one attached hydrogen (secondary N) is 1. The van der Waals surface area contributed by atoms with Gasteiger partial charge < -0.3 is 5.32 Å². The van der Waals surface area contributed by atoms with E-state index in [4.69, 9.17) is 0 Å². The molecule has 5 heteroatoms. The number of nitro groups is 1. The zero-order valence-corrected chi connectivity index (χ0v) is 13.2. The van der Waals surface area contributed by atoms with E-state index in [9.17, 15) is 10.1 Å². The Morgan fingerprint density at radius 2 is 2.00 bits per heavy atom. The standard InChI is InChI=1S/C16H25N3O2/c1-12-9-10-15(19(20)21)16(17-2)14(12)11-18(3)13-7-5-4-6-8-13/h9-10,13,17H,4-8,11H2,1-3H3. The zero-order chi connectivity index (χ0) is 15.4. The van der Waals surface area contributed by atoms with Crippen molar-refractivity contribution >= 4 is 11.4 Å². The van der Waals surface area contributed by atoms with Crippen LogP contribution in [0.2, 0.25) is 0 Å². The predicted molar refractivity (Wildman–Crippen MR) is 85.7 cm³/mol. The van der Waals surface area contributed by atoms with Crippen LogP contribution in [0.25, 0.3) is 0 Å². The summed E-state index contributed by atoms with van der Waals surface area (Å²) in [4.78, 5) is 13.2. The van der Waals surface area contributed by atoms with Crippen LogP contribution < -0.4 is 5.32 Å². The monoisotopic (exact) mass is 291 g/mol. The molecule has 1 aromatic rings. The average molecular weight is 291 g/mol. The van der Waals surface area contributed by atoms with Crippen molar-refractivity contribution in [1.82, 2.24) is 4.90 Å². The molecule has 2 rings (SSSR count). The van der Waals surface area contributed by atoms with Gasteiger partial charge in [0.1, 0.15) is 5.69 Å². The molecule has 0 aliphatic heterocycles. The fraction of sp³-hybridized carbons (Fsp3) is 0.625. The Bertz CT molecular complexity index is 510. The van der Waals surface area contributed by atoms with Crippen LogP contribution in [0, 0.1) is 17.0 Å². The predicted octanol–water partition coefficient (Wildman–Crippen LogP) is 3.71. The van der Waals surface area contributed by atoms with Crippen molar-refractivity contribution in [2.75, 3.05) is 19.4 Å². The van der Waals surface area contributed by atoms with E-state index in [2.05, 4.69) is 17.3 Å². The van der Waals surface area contributed by atoms with Crippen LogP contribution in [0.4, 0.5) is 11.4 Å². The molecule has 1 aromatic carbocycles. The molecule has 0 saturated heterocycles. The minimum atomic E-state index is -0.310. The lowest BCUT2D eigenvalue weighted by molar-refractivity contribution is -0.384. The highest BCUT2D eigenvalue weighted by molar-refractivity contribution is 5.68. The Kier molecular flexibility index (Phi) is 5.17. The molecule has 0 aromatic heterocycles. The molecule has 0 unspecified atom stereocenters. The van der Waals surface area contributed by atoms with Gasteiger partial charge >= 0.3 is 0 Å². The van der Waals surface area contributed by atoms with Gasteiger partial charge in [-0.05, 0) is 37.9 Å². The van der Waals surface area contributed by atoms with Crippen LogP contribution in [-0.4, -0.2) is 30.0 Å². The minimum Gasteiger partial charge on any atom is -0.382 e. The lowest BCUT2D eigenvalue weighted by Gasteiger charge is -2.32. The van der Waals surface area contributed by atoms with Crippen LogP contribution in [0.5, 0.6) is 0 Å². The smallest absolute Gasteiger partial charge is 0.292 e. The first-order valence-electron chi connectivity index (χ1n) is 7.69. The fourth-order valence-electron chi connectivity index (χ4n) is 3.27. The van der Waals surface area contributed by atoms with Crippen LogP contribution in [0.1, 0.15) is 43.2 Å². The summed E-state index contributed by atoms with van der Waals surface area (Å²) in [6.07, 6.45) is 6.39. The van der Waals surface area contributed by atoms with E-state index in [-0.39, 0.29) is 10.6 Å². The SMILES string of the molecule is CNc1c([N+](=O)[O-])ccc(C)c1CN(C)C1CCCCC1. The third-order valence-corrected chi connectivity index (χ3v) is 4.58. The molecule has 21 heavy (non-hydrogen) atoms. The molecule has 0 atom stereocenters. The molecule has 116 valence electrons. The van der Waals surface area contributed by atoms with Gasteiger partial charge in [-0.25, -0.2) is 0 Å². The second-order valence-corrected chi connectivity index (χ2v) is 5.97. The van der Waals surface area contributed by atoms with Crippen molar-refractivity contribution in [2.24, 2.45) is 0 Å². The molecule has 1 aliphatic rings. The summed E-state index contributed by atoms with van der Waals surface area (Å²) in [6.45, 7) is 2.78. The quantitative estimate of drug-likeness (QED) is 0.663. The molecule has 1 fully saturated rings. The maximum Gasteiger partial charge on any atom is 0.292 e. The van der Waals surface area contributed by atoms with Gasteiger partial charge in [-0.1, -0.05) is 25.3 Å². The fourth-order valence-corrected chi connectivity index (χ4v) is 3.27. The van der Waals surface area contributed by atoms with E-state index in [1.807, 2.05) is 13.0 Å². The van der Waals surface area contributed by atoms with E-state index in [1.54, 1.807) is 13.1 Å². The normalized spacial score (nSPS) is 16.2. The van der Waals surface area contributed by atoms with Gasteiger partial charge in [-0.2, -0.15) is 0 Å². The van der Waals surface area contributed by atoms with Crippen molar-refractivity contribution in [3.05, 3.63) is 33.4 Å². The van der Waals surface area contributed by atoms with Gasteiger partial charge in [0, 0.05) is 25.7 Å². The number of hydrogen-bond acceptors (Lipinski definition) is 4. The minimum absolute atomic E-state index is 0.162. The van der Waals surface area contributed by atoms with Gasteiger partial charge in [0.2, 0.25) is 0 Å². The van der Waals surface area contributed by atoms with E-state index in [0.29, 0.717) is 11.7 Å². The molecule has 0 spiro atoms. The van der Waals surface area contributed by atoms with E-state index in [0.717, 1.165) is 17.7 Å². The molecule has 0 bridgehead atoms. The van der Waals surface area contributed by atoms with Gasteiger partial charge in [-0.3, -0.25) is 15.0 Å². The highest BCUT2D eigenvalue weighted by atomic mass is 16.6. The largest absolute Gasteiger partial charge is 0.382 e. The zero-order valence-electron chi connectivity index (χ0n) is 13.2. The topological polar surface area (TPSA) is 58.4 Å². The van der Waals surface area contributed by atoms with Crippen LogP contribution in [-0.2, 0) is 6.54 Å². The van der Waals surface area contributed by atoms with Crippen molar-refractivity contribution in [3.8, 4) is 0 Å². The molecule has 1 saturated carbocycles. The first-order chi connectivity index (χ1) is 10.0. The number of aryl methyl sites for hydroxylation is 1. The van der Waals surface area contributed by atoms with Crippen molar-refractivity contribution in [2.45, 2.75) is 51.6 Å². The molecule has 5 nitrogen and oxygen atoms in total. The average Bonchev–Trinajstić information content (AvgIpc) is 2.49. The molecule has 0 heterocycles. The van der Waals surface area contributed by atoms with Gasteiger partial charge in [-0.15, -0.1) is 0 Å². The Morgan fingerprint density at radius 3 is 2.57 bits per heavy atom. The molecule has 1 aliphatic carbocycles. The van der Waals surface area contributed by atoms with Gasteiger partial charge in [0.25, 0.3) is 5.69 Å². The molecular weight excluding hydrogens is 266 g/mol. The summed E-state index contributed by atoms with van der Waals surface area (Å²) < 4.78 is 0. The summed E-state index contributed by atoms with van der Waals surface area (Å²) in [5.41, 5.74) is 2.96. The van der Waals surface area contributed by atoms with E-state index in [1.165, 1.54) is 32.1 Å². The Hall–Kier alpha value is -1.62. The summed E-state index contributed by atoms with van der Waals surface area (Å²) >= 11 is 0. The van der Waals surface area contributed by atoms with Crippen LogP contribution >= 0.6 is 0 Å². The number of rotatable bonds is 5. The van der Waals surface area contributed by atoms with Crippen LogP contribution in [0.15, 0.2) is 12.1 Å². The molecule has 1 N–H and O–H groups in total. The van der Waals surface area contributed by atoms with Gasteiger partial charge in [0.05, 0.1) is 4.92 Å². The summed E-state index contributed by atoms with van der Waals surface area (Å²) in [5, 5.41) is 14.2. The second-order valence-electron chi connectivity index (χ2n) is 5.97. The molecular formula is C16H25N3O2. The number of nitro benzene ring substituents is 1. The van der Waals surface area contributed by atoms with Crippen LogP contribution in [0.3, 0.4) is 0 Å². The third-order valence-electron chi connectivity index (χ3n) is 4.58. The summed E-state index contributed by atoms with van der Waals surface area (Å²) in [7, 11) is 3.89. The summed E-state index contributed by atoms with van der Waals surface area (Å²) in [6, 6.07) is 4.04. The summed E-state index contributed by atoms with van der Waals surface area (Å²) in [5.74, 6) is 0. The first kappa shape index (κ1) is 15.8. The van der Waals surface area contributed by atoms with E-state index < -0.39 is 0 Å². The van der Waals surface area contributed by atoms with Gasteiger partial charge in [0.15, 0.2) is 0 Å². The maximum absolute atomic E-state index is 11.2. The molecule has 0 radical (unpaired) electrons. The highest BCUT2D eigenvalue weighted by Crippen LogP contribution is 2.32. The molecule has 0 amide bonds.